The van der Waals surface area contributed by atoms with Crippen LogP contribution in [0.15, 0.2) is 58.8 Å². The number of thiocarbonyl (C=S) groups is 1. The highest BCUT2D eigenvalue weighted by Gasteiger charge is 2.33. The first-order valence-corrected chi connectivity index (χ1v) is 9.91. The first-order valence-electron chi connectivity index (χ1n) is 9.12. The molecule has 0 fully saturated rings. The Balaban J connectivity index is 1.81. The number of rotatable bonds is 4. The Bertz CT molecular complexity index is 1100. The molecule has 4 rings (SSSR count). The largest absolute Gasteiger partial charge is 0.351 e. The number of nitrogens with zero attached hydrogens (tertiary/aromatic N) is 3. The van der Waals surface area contributed by atoms with E-state index in [1.807, 2.05) is 36.9 Å². The van der Waals surface area contributed by atoms with E-state index in [-0.39, 0.29) is 5.82 Å². The summed E-state index contributed by atoms with van der Waals surface area (Å²) in [4.78, 5) is 6.54. The molecule has 1 unspecified atom stereocenters. The van der Waals surface area contributed by atoms with E-state index in [0.29, 0.717) is 28.4 Å². The van der Waals surface area contributed by atoms with E-state index in [4.69, 9.17) is 28.3 Å². The molecule has 0 spiro atoms. The standard InChI is InChI=1S/C21H18ClFN4OS/c1-3-27-12(2)17(18(24-21(27)29)14-5-4-6-16(23)11-14)20-25-19(26-28-20)13-7-9-15(22)10-8-13/h4-11,18H,3H2,1-2H3,(H,24,29). The second kappa shape index (κ2) is 7.93. The molecule has 1 N–H and O–H groups in total. The minimum absolute atomic E-state index is 0.322. The number of hydrogen-bond donors (Lipinski definition) is 1. The number of nitrogens with one attached hydrogen (secondary N) is 1. The van der Waals surface area contributed by atoms with Gasteiger partial charge in [-0.3, -0.25) is 0 Å². The van der Waals surface area contributed by atoms with Gasteiger partial charge in [-0.25, -0.2) is 4.39 Å². The molecule has 1 aromatic heterocycles. The van der Waals surface area contributed by atoms with Gasteiger partial charge >= 0.3 is 0 Å². The fourth-order valence-electron chi connectivity index (χ4n) is 3.42. The van der Waals surface area contributed by atoms with Crippen molar-refractivity contribution in [2.24, 2.45) is 0 Å². The molecule has 148 valence electrons. The van der Waals surface area contributed by atoms with Gasteiger partial charge in [-0.15, -0.1) is 0 Å². The summed E-state index contributed by atoms with van der Waals surface area (Å²) in [5, 5.41) is 8.61. The second-order valence-corrected chi connectivity index (χ2v) is 7.43. The lowest BCUT2D eigenvalue weighted by atomic mass is 9.95. The molecule has 1 aliphatic heterocycles. The molecule has 2 aromatic carbocycles. The maximum Gasteiger partial charge on any atom is 0.258 e. The third kappa shape index (κ3) is 3.75. The van der Waals surface area contributed by atoms with Crippen molar-refractivity contribution in [1.29, 1.82) is 0 Å². The quantitative estimate of drug-likeness (QED) is 0.575. The van der Waals surface area contributed by atoms with Crippen LogP contribution in [0.25, 0.3) is 17.0 Å². The van der Waals surface area contributed by atoms with Crippen LogP contribution < -0.4 is 5.32 Å². The van der Waals surface area contributed by atoms with Gasteiger partial charge in [-0.05, 0) is 68.0 Å². The molecule has 0 bridgehead atoms. The van der Waals surface area contributed by atoms with Gasteiger partial charge in [0.05, 0.1) is 11.6 Å². The lowest BCUT2D eigenvalue weighted by molar-refractivity contribution is 0.398. The fraction of sp³-hybridized carbons (Fsp3) is 0.190. The molecule has 2 heterocycles. The van der Waals surface area contributed by atoms with Gasteiger partial charge in [0, 0.05) is 22.8 Å². The van der Waals surface area contributed by atoms with Crippen LogP contribution in [0.1, 0.15) is 31.3 Å². The summed E-state index contributed by atoms with van der Waals surface area (Å²) < 4.78 is 19.5. The highest BCUT2D eigenvalue weighted by Crippen LogP contribution is 2.37. The molecule has 1 atom stereocenters. The van der Waals surface area contributed by atoms with E-state index in [1.165, 1.54) is 12.1 Å². The molecule has 5 nitrogen and oxygen atoms in total. The van der Waals surface area contributed by atoms with Gasteiger partial charge < -0.3 is 14.7 Å². The summed E-state index contributed by atoms with van der Waals surface area (Å²) in [6.07, 6.45) is 0. The Morgan fingerprint density at radius 1 is 1.24 bits per heavy atom. The van der Waals surface area contributed by atoms with Crippen molar-refractivity contribution in [2.75, 3.05) is 6.54 Å². The second-order valence-electron chi connectivity index (χ2n) is 6.61. The smallest absolute Gasteiger partial charge is 0.258 e. The van der Waals surface area contributed by atoms with E-state index in [1.54, 1.807) is 18.2 Å². The zero-order chi connectivity index (χ0) is 20.5. The maximum absolute atomic E-state index is 13.9. The molecule has 1 aliphatic rings. The average molecular weight is 429 g/mol. The third-order valence-electron chi connectivity index (χ3n) is 4.85. The van der Waals surface area contributed by atoms with Crippen LogP contribution in [0, 0.1) is 5.82 Å². The van der Waals surface area contributed by atoms with Gasteiger partial charge in [-0.1, -0.05) is 28.9 Å². The lowest BCUT2D eigenvalue weighted by Crippen LogP contribution is -2.45. The molecular weight excluding hydrogens is 411 g/mol. The predicted octanol–water partition coefficient (Wildman–Crippen LogP) is 5.21. The zero-order valence-electron chi connectivity index (χ0n) is 15.8. The summed E-state index contributed by atoms with van der Waals surface area (Å²) in [6.45, 7) is 4.63. The van der Waals surface area contributed by atoms with Crippen molar-refractivity contribution >= 4 is 34.5 Å². The van der Waals surface area contributed by atoms with Crippen LogP contribution in [0.5, 0.6) is 0 Å². The summed E-state index contributed by atoms with van der Waals surface area (Å²) in [6, 6.07) is 13.2. The van der Waals surface area contributed by atoms with Gasteiger partial charge in [0.1, 0.15) is 5.82 Å². The Morgan fingerprint density at radius 2 is 2.00 bits per heavy atom. The van der Waals surface area contributed by atoms with Crippen LogP contribution in [0.4, 0.5) is 4.39 Å². The average Bonchev–Trinajstić information content (AvgIpc) is 3.18. The van der Waals surface area contributed by atoms with Crippen molar-refractivity contribution in [3.8, 4) is 11.4 Å². The first kappa shape index (κ1) is 19.5. The topological polar surface area (TPSA) is 54.2 Å². The minimum Gasteiger partial charge on any atom is -0.351 e. The fourth-order valence-corrected chi connectivity index (χ4v) is 3.93. The highest BCUT2D eigenvalue weighted by molar-refractivity contribution is 7.80. The summed E-state index contributed by atoms with van der Waals surface area (Å²) >= 11 is 11.5. The van der Waals surface area contributed by atoms with Gasteiger partial charge in [0.15, 0.2) is 5.11 Å². The van der Waals surface area contributed by atoms with Gasteiger partial charge in [0.25, 0.3) is 5.89 Å². The molecule has 3 aromatic rings. The molecule has 0 saturated carbocycles. The van der Waals surface area contributed by atoms with Crippen LogP contribution in [-0.2, 0) is 0 Å². The summed E-state index contributed by atoms with van der Waals surface area (Å²) in [5.74, 6) is 0.485. The Morgan fingerprint density at radius 3 is 2.69 bits per heavy atom. The van der Waals surface area contributed by atoms with E-state index in [2.05, 4.69) is 15.5 Å². The lowest BCUT2D eigenvalue weighted by Gasteiger charge is -2.36. The van der Waals surface area contributed by atoms with Crippen molar-refractivity contribution in [3.05, 3.63) is 76.5 Å². The highest BCUT2D eigenvalue weighted by atomic mass is 35.5. The molecule has 29 heavy (non-hydrogen) atoms. The number of benzene rings is 2. The molecule has 0 aliphatic carbocycles. The minimum atomic E-state index is -0.403. The Kier molecular flexibility index (Phi) is 5.34. The van der Waals surface area contributed by atoms with E-state index in [0.717, 1.165) is 22.4 Å². The molecule has 0 radical (unpaired) electrons. The molecule has 0 amide bonds. The normalized spacial score (nSPS) is 16.9. The van der Waals surface area contributed by atoms with Crippen molar-refractivity contribution < 1.29 is 8.91 Å². The Hall–Kier alpha value is -2.77. The van der Waals surface area contributed by atoms with Crippen LogP contribution in [-0.4, -0.2) is 26.7 Å². The van der Waals surface area contributed by atoms with Crippen LogP contribution in [0.2, 0.25) is 5.02 Å². The number of aromatic nitrogens is 2. The SMILES string of the molecule is CCN1C(=S)NC(c2cccc(F)c2)C(c2nc(-c3ccc(Cl)cc3)no2)=C1C. The number of allylic oxidation sites excluding steroid dienone is 1. The van der Waals surface area contributed by atoms with E-state index < -0.39 is 6.04 Å². The molecular formula is C21H18ClFN4OS. The number of hydrogen-bond acceptors (Lipinski definition) is 4. The van der Waals surface area contributed by atoms with Crippen LogP contribution >= 0.6 is 23.8 Å². The molecule has 0 saturated heterocycles. The van der Waals surface area contributed by atoms with E-state index >= 15 is 0 Å². The van der Waals surface area contributed by atoms with Crippen molar-refractivity contribution in [2.45, 2.75) is 19.9 Å². The monoisotopic (exact) mass is 428 g/mol. The summed E-state index contributed by atoms with van der Waals surface area (Å²) in [7, 11) is 0. The van der Waals surface area contributed by atoms with Gasteiger partial charge in [0.2, 0.25) is 5.82 Å². The third-order valence-corrected chi connectivity index (χ3v) is 5.44. The number of halogens is 2. The Labute approximate surface area is 178 Å². The zero-order valence-corrected chi connectivity index (χ0v) is 17.4. The van der Waals surface area contributed by atoms with Gasteiger partial charge in [-0.2, -0.15) is 4.98 Å². The summed E-state index contributed by atoms with van der Waals surface area (Å²) in [5.41, 5.74) is 3.16. The predicted molar refractivity (Wildman–Crippen MR) is 115 cm³/mol. The first-order chi connectivity index (χ1) is 14.0. The van der Waals surface area contributed by atoms with E-state index in [9.17, 15) is 4.39 Å². The maximum atomic E-state index is 13.9. The van der Waals surface area contributed by atoms with Crippen molar-refractivity contribution in [3.63, 3.8) is 0 Å². The van der Waals surface area contributed by atoms with Crippen molar-refractivity contribution in [1.82, 2.24) is 20.4 Å². The molecule has 8 heteroatoms. The van der Waals surface area contributed by atoms with Crippen LogP contribution in [0.3, 0.4) is 0 Å².